The Bertz CT molecular complexity index is 250. The maximum Gasteiger partial charge on any atom is 0.326 e. The summed E-state index contributed by atoms with van der Waals surface area (Å²) in [4.78, 5) is 22.2. The third kappa shape index (κ3) is 4.18. The monoisotopic (exact) mass is 228 g/mol. The molecule has 3 N–H and O–H groups in total. The molecule has 1 aliphatic rings. The zero-order valence-corrected chi connectivity index (χ0v) is 9.66. The Balaban J connectivity index is 2.21. The van der Waals surface area contributed by atoms with Crippen molar-refractivity contribution in [2.24, 2.45) is 5.92 Å². The van der Waals surface area contributed by atoms with Gasteiger partial charge in [-0.05, 0) is 38.3 Å². The van der Waals surface area contributed by atoms with Crippen LogP contribution >= 0.6 is 0 Å². The number of carbonyl (C=O) groups excluding carboxylic acids is 1. The van der Waals surface area contributed by atoms with Crippen molar-refractivity contribution in [2.45, 2.75) is 38.6 Å². The first-order valence-electron chi connectivity index (χ1n) is 5.86. The minimum Gasteiger partial charge on any atom is -0.480 e. The molecule has 0 aliphatic carbocycles. The van der Waals surface area contributed by atoms with E-state index in [9.17, 15) is 9.59 Å². The molecule has 1 unspecified atom stereocenters. The summed E-state index contributed by atoms with van der Waals surface area (Å²) in [6.45, 7) is 3.75. The normalized spacial score (nSPS) is 21.7. The molecule has 1 rings (SSSR count). The number of rotatable bonds is 6. The lowest BCUT2D eigenvalue weighted by Crippen LogP contribution is -2.40. The zero-order chi connectivity index (χ0) is 12.0. The van der Waals surface area contributed by atoms with Gasteiger partial charge in [0.15, 0.2) is 0 Å². The number of hydrogen-bond donors (Lipinski definition) is 3. The molecule has 0 aromatic carbocycles. The summed E-state index contributed by atoms with van der Waals surface area (Å²) < 4.78 is 0. The van der Waals surface area contributed by atoms with Crippen LogP contribution in [0.5, 0.6) is 0 Å². The second kappa shape index (κ2) is 6.48. The molecule has 1 saturated heterocycles. The van der Waals surface area contributed by atoms with Crippen molar-refractivity contribution >= 4 is 11.9 Å². The predicted octanol–water partition coefficient (Wildman–Crippen LogP) is 0.355. The number of nitrogens with one attached hydrogen (secondary N) is 2. The van der Waals surface area contributed by atoms with E-state index in [2.05, 4.69) is 10.6 Å². The second-order valence-corrected chi connectivity index (χ2v) is 4.26. The standard InChI is InChI=1S/C11H20N2O3/c1-2-9(11(15)16)13-10(14)4-3-8-5-6-12-7-8/h8-9,12H,2-7H2,1H3,(H,13,14)(H,15,16)/t8?,9-/m1/s1. The fourth-order valence-electron chi connectivity index (χ4n) is 1.90. The fraction of sp³-hybridized carbons (Fsp3) is 0.818. The molecule has 2 atom stereocenters. The molecule has 0 radical (unpaired) electrons. The van der Waals surface area contributed by atoms with Gasteiger partial charge in [0.25, 0.3) is 0 Å². The maximum absolute atomic E-state index is 11.5. The maximum atomic E-state index is 11.5. The lowest BCUT2D eigenvalue weighted by atomic mass is 10.0. The Morgan fingerprint density at radius 1 is 1.56 bits per heavy atom. The van der Waals surface area contributed by atoms with Gasteiger partial charge in [0.2, 0.25) is 5.91 Å². The van der Waals surface area contributed by atoms with Gasteiger partial charge >= 0.3 is 5.97 Å². The van der Waals surface area contributed by atoms with Crippen molar-refractivity contribution < 1.29 is 14.7 Å². The highest BCUT2D eigenvalue weighted by molar-refractivity contribution is 5.83. The molecule has 1 aliphatic heterocycles. The molecular formula is C11H20N2O3. The van der Waals surface area contributed by atoms with Gasteiger partial charge < -0.3 is 15.7 Å². The molecule has 0 spiro atoms. The van der Waals surface area contributed by atoms with E-state index in [0.29, 0.717) is 18.8 Å². The minimum absolute atomic E-state index is 0.152. The van der Waals surface area contributed by atoms with Crippen LogP contribution in [0.2, 0.25) is 0 Å². The smallest absolute Gasteiger partial charge is 0.326 e. The summed E-state index contributed by atoms with van der Waals surface area (Å²) in [6.07, 6.45) is 2.81. The summed E-state index contributed by atoms with van der Waals surface area (Å²) in [5.74, 6) is -0.546. The second-order valence-electron chi connectivity index (χ2n) is 4.26. The molecule has 5 heteroatoms. The van der Waals surface area contributed by atoms with E-state index in [4.69, 9.17) is 5.11 Å². The molecule has 16 heavy (non-hydrogen) atoms. The van der Waals surface area contributed by atoms with Gasteiger partial charge in [-0.2, -0.15) is 0 Å². The van der Waals surface area contributed by atoms with E-state index >= 15 is 0 Å². The first kappa shape index (κ1) is 13.0. The summed E-state index contributed by atoms with van der Waals surface area (Å²) in [5.41, 5.74) is 0. The van der Waals surface area contributed by atoms with E-state index in [-0.39, 0.29) is 5.91 Å². The van der Waals surface area contributed by atoms with Crippen LogP contribution in [0, 0.1) is 5.92 Å². The average Bonchev–Trinajstić information content (AvgIpc) is 2.75. The van der Waals surface area contributed by atoms with E-state index in [1.54, 1.807) is 6.92 Å². The van der Waals surface area contributed by atoms with Crippen molar-refractivity contribution in [3.63, 3.8) is 0 Å². The van der Waals surface area contributed by atoms with Crippen molar-refractivity contribution in [2.75, 3.05) is 13.1 Å². The van der Waals surface area contributed by atoms with Crippen LogP contribution in [0.3, 0.4) is 0 Å². The van der Waals surface area contributed by atoms with Crippen LogP contribution in [0.25, 0.3) is 0 Å². The highest BCUT2D eigenvalue weighted by Crippen LogP contribution is 2.14. The third-order valence-corrected chi connectivity index (χ3v) is 2.98. The predicted molar refractivity (Wildman–Crippen MR) is 60.1 cm³/mol. The fourth-order valence-corrected chi connectivity index (χ4v) is 1.90. The molecule has 0 bridgehead atoms. The highest BCUT2D eigenvalue weighted by atomic mass is 16.4. The van der Waals surface area contributed by atoms with Gasteiger partial charge in [-0.1, -0.05) is 6.92 Å². The van der Waals surface area contributed by atoms with Gasteiger partial charge in [0.05, 0.1) is 0 Å². The number of amides is 1. The molecule has 5 nitrogen and oxygen atoms in total. The van der Waals surface area contributed by atoms with Crippen LogP contribution in [-0.2, 0) is 9.59 Å². The highest BCUT2D eigenvalue weighted by Gasteiger charge is 2.19. The number of carbonyl (C=O) groups is 2. The lowest BCUT2D eigenvalue weighted by molar-refractivity contribution is -0.141. The van der Waals surface area contributed by atoms with Crippen molar-refractivity contribution in [3.8, 4) is 0 Å². The van der Waals surface area contributed by atoms with E-state index in [1.165, 1.54) is 0 Å². The SMILES string of the molecule is CC[C@@H](NC(=O)CCC1CCNC1)C(=O)O. The Morgan fingerprint density at radius 3 is 2.81 bits per heavy atom. The molecule has 1 heterocycles. The first-order valence-corrected chi connectivity index (χ1v) is 5.86. The third-order valence-electron chi connectivity index (χ3n) is 2.98. The number of carboxylic acids is 1. The van der Waals surface area contributed by atoms with Crippen LogP contribution in [0.15, 0.2) is 0 Å². The van der Waals surface area contributed by atoms with Gasteiger partial charge in [-0.15, -0.1) is 0 Å². The molecule has 0 aromatic rings. The Kier molecular flexibility index (Phi) is 5.25. The summed E-state index contributed by atoms with van der Waals surface area (Å²) in [7, 11) is 0. The Hall–Kier alpha value is -1.10. The molecule has 0 saturated carbocycles. The van der Waals surface area contributed by atoms with Gasteiger partial charge in [-0.3, -0.25) is 4.79 Å². The first-order chi connectivity index (χ1) is 7.63. The Morgan fingerprint density at radius 2 is 2.31 bits per heavy atom. The van der Waals surface area contributed by atoms with E-state index in [0.717, 1.165) is 25.9 Å². The minimum atomic E-state index is -0.960. The van der Waals surface area contributed by atoms with Crippen LogP contribution in [-0.4, -0.2) is 36.1 Å². The van der Waals surface area contributed by atoms with Crippen LogP contribution in [0.4, 0.5) is 0 Å². The molecule has 1 amide bonds. The lowest BCUT2D eigenvalue weighted by Gasteiger charge is -2.13. The van der Waals surface area contributed by atoms with E-state index < -0.39 is 12.0 Å². The van der Waals surface area contributed by atoms with Crippen molar-refractivity contribution in [3.05, 3.63) is 0 Å². The quantitative estimate of drug-likeness (QED) is 0.613. The molecule has 1 fully saturated rings. The molecule has 92 valence electrons. The topological polar surface area (TPSA) is 78.4 Å². The average molecular weight is 228 g/mol. The number of carboxylic acid groups (broad SMARTS) is 1. The zero-order valence-electron chi connectivity index (χ0n) is 9.66. The van der Waals surface area contributed by atoms with Crippen molar-refractivity contribution in [1.82, 2.24) is 10.6 Å². The van der Waals surface area contributed by atoms with E-state index in [1.807, 2.05) is 0 Å². The van der Waals surface area contributed by atoms with Gasteiger partial charge in [0.1, 0.15) is 6.04 Å². The number of hydrogen-bond acceptors (Lipinski definition) is 3. The Labute approximate surface area is 95.6 Å². The van der Waals surface area contributed by atoms with Gasteiger partial charge in [0, 0.05) is 6.42 Å². The van der Waals surface area contributed by atoms with Crippen LogP contribution < -0.4 is 10.6 Å². The molecular weight excluding hydrogens is 208 g/mol. The summed E-state index contributed by atoms with van der Waals surface area (Å²) >= 11 is 0. The molecule has 0 aromatic heterocycles. The van der Waals surface area contributed by atoms with Crippen LogP contribution in [0.1, 0.15) is 32.6 Å². The van der Waals surface area contributed by atoms with Crippen molar-refractivity contribution in [1.29, 1.82) is 0 Å². The summed E-state index contributed by atoms with van der Waals surface area (Å²) in [5, 5.41) is 14.5. The van der Waals surface area contributed by atoms with Gasteiger partial charge in [-0.25, -0.2) is 4.79 Å². The number of aliphatic carboxylic acids is 1. The largest absolute Gasteiger partial charge is 0.480 e. The summed E-state index contributed by atoms with van der Waals surface area (Å²) in [6, 6.07) is -0.741.